The molecule has 0 spiro atoms. The van der Waals surface area contributed by atoms with Crippen molar-refractivity contribution in [3.8, 4) is 11.5 Å². The van der Waals surface area contributed by atoms with Gasteiger partial charge in [-0.1, -0.05) is 32.0 Å². The number of rotatable bonds is 24. The monoisotopic (exact) mass is 1250 g/mol. The molecule has 21 nitrogen and oxygen atoms in total. The van der Waals surface area contributed by atoms with Crippen LogP contribution in [0.5, 0.6) is 11.5 Å². The summed E-state index contributed by atoms with van der Waals surface area (Å²) in [6.45, 7) is 17.0. The van der Waals surface area contributed by atoms with Crippen molar-refractivity contribution < 1.29 is 51.4 Å². The Morgan fingerprint density at radius 1 is 0.750 bits per heavy atom. The van der Waals surface area contributed by atoms with Gasteiger partial charge in [0.2, 0.25) is 0 Å². The number of aromatic amines is 1. The molecule has 24 heteroatoms. The van der Waals surface area contributed by atoms with Crippen molar-refractivity contribution in [2.24, 2.45) is 5.92 Å². The first-order chi connectivity index (χ1) is 40.1. The predicted octanol–water partition coefficient (Wildman–Crippen LogP) is 8.90. The van der Waals surface area contributed by atoms with Gasteiger partial charge in [0.25, 0.3) is 0 Å². The van der Waals surface area contributed by atoms with E-state index in [0.29, 0.717) is 23.6 Å². The molecule has 9 atom stereocenters. The van der Waals surface area contributed by atoms with Gasteiger partial charge in [-0.25, -0.2) is 0 Å². The van der Waals surface area contributed by atoms with Crippen LogP contribution in [-0.4, -0.2) is 150 Å². The van der Waals surface area contributed by atoms with Gasteiger partial charge in [-0.05, 0) is 12.1 Å². The van der Waals surface area contributed by atoms with Crippen molar-refractivity contribution >= 4 is 58.2 Å². The van der Waals surface area contributed by atoms with Gasteiger partial charge in [-0.3, -0.25) is 4.79 Å². The number of carbonyl (C=O) groups is 1. The van der Waals surface area contributed by atoms with Crippen LogP contribution >= 0.6 is 5.96 Å². The molecule has 2 saturated heterocycles. The zero-order valence-corrected chi connectivity index (χ0v) is 52.9. The fourth-order valence-electron chi connectivity index (χ4n) is 10.1. The fraction of sp³-hybridized carbons (Fsp3) is 0.433. The minimum atomic E-state index is -3.12. The minimum absolute atomic E-state index is 0.0724. The average molecular weight is 1250 g/mol. The van der Waals surface area contributed by atoms with Crippen molar-refractivity contribution in [3.63, 3.8) is 0 Å². The molecule has 0 radical (unpaired) electrons. The van der Waals surface area contributed by atoms with Crippen LogP contribution in [0.1, 0.15) is 74.1 Å². The van der Waals surface area contributed by atoms with E-state index >= 15 is 0 Å². The predicted molar refractivity (Wildman–Crippen MR) is 324 cm³/mol. The Bertz CT molecular complexity index is 3490. The van der Waals surface area contributed by atoms with Gasteiger partial charge in [0, 0.05) is 5.56 Å². The second kappa shape index (κ2) is 26.2. The Balaban J connectivity index is 1.07. The van der Waals surface area contributed by atoms with E-state index in [1.807, 2.05) is 91.6 Å². The molecule has 7 aromatic rings. The molecule has 9 rings (SSSR count). The summed E-state index contributed by atoms with van der Waals surface area (Å²) in [5, 5.41) is 5.72. The van der Waals surface area contributed by atoms with Gasteiger partial charge in [0.1, 0.15) is 0 Å². The number of amides is 1. The van der Waals surface area contributed by atoms with Gasteiger partial charge in [-0.2, -0.15) is 0 Å². The number of ether oxygens (including phenoxy) is 7. The third kappa shape index (κ3) is 13.4. The summed E-state index contributed by atoms with van der Waals surface area (Å²) in [6.07, 6.45) is -3.99. The van der Waals surface area contributed by atoms with Crippen molar-refractivity contribution in [1.82, 2.24) is 29.1 Å². The van der Waals surface area contributed by atoms with Gasteiger partial charge in [0.05, 0.1) is 14.2 Å². The number of hydrogen-bond acceptors (Lipinski definition) is 17. The number of nitrogens with one attached hydrogen (secondary N) is 3. The number of benzene rings is 4. The third-order valence-electron chi connectivity index (χ3n) is 15.5. The normalized spacial score (nSPS) is 21.8. The molecule has 0 saturated carbocycles. The van der Waals surface area contributed by atoms with E-state index < -0.39 is 86.1 Å². The number of anilines is 2. The molecule has 0 bridgehead atoms. The molecule has 4 aromatic carbocycles. The van der Waals surface area contributed by atoms with Crippen LogP contribution in [0.25, 0.3) is 11.2 Å². The number of carbonyl (C=O) groups excluding carboxylic acids is 1. The Morgan fingerprint density at radius 2 is 1.31 bits per heavy atom. The van der Waals surface area contributed by atoms with Gasteiger partial charge in [-0.15, -0.1) is 0 Å². The van der Waals surface area contributed by atoms with Gasteiger partial charge in [0.15, 0.2) is 0 Å². The summed E-state index contributed by atoms with van der Waals surface area (Å²) in [6, 6.07) is 35.6. The van der Waals surface area contributed by atoms with Crippen LogP contribution in [0.3, 0.4) is 0 Å². The number of methoxy groups -OCH3 is 4. The topological polar surface area (TPSA) is 232 Å². The number of imidazole rings is 1. The van der Waals surface area contributed by atoms with E-state index in [0.717, 1.165) is 16.7 Å². The van der Waals surface area contributed by atoms with E-state index in [4.69, 9.17) is 51.6 Å². The average Bonchev–Trinajstić information content (AvgIpc) is 2.03. The SMILES string of the molecule is COc1ccc(C(OC[C@H]2O[C@@H](n3cnc4c(=O)[nH]c(NCC(C)C)nc43)[C@H](OC)[C@@H]2OP(C)(=[Se])OC[C@H]2O[C@@H](n3ccc(NC(=O)c4ccccc4)nc3=O)[C@H](OC)[C@@H]2O[Si](C)(C)C(C)(C)C)(c2ccccc2)c2ccc(OC)cc2)cc1. The van der Waals surface area contributed by atoms with E-state index in [9.17, 15) is 14.4 Å². The Kier molecular flexibility index (Phi) is 19.5. The second-order valence-corrected chi connectivity index (χ2v) is 33.6. The van der Waals surface area contributed by atoms with Crippen LogP contribution in [0, 0.1) is 5.92 Å². The molecular weight excluding hydrogens is 1180 g/mol. The molecule has 1 unspecified atom stereocenters. The standard InChI is InChI=1S/C60H75N8O13PSeSi/c1-37(2)33-61-57-65-52-47(54(70)66-57)62-36-68(52)56-50(74-8)48(44(78-56)34-76-60(39-21-17-14-18-22-39,40-23-27-42(72-6)28-24-40)41-25-29-43(73-7)30-26-41)80-82(10,83)77-35-45-49(81-84(11,12)59(3,4)5)51(75-9)55(79-45)67-32-31-46(64-58(67)71)63-53(69)38-19-15-13-16-20-38/h13-32,36-37,44-45,48-51,55-56H,33-35H2,1-12H3,(H2,61,65,66,70)(H,63,64,69,71)/t44-,45-,48-,49-,50-,51-,55-,56-,82?/m1/s1. The van der Waals surface area contributed by atoms with E-state index in [2.05, 4.69) is 88.4 Å². The number of hydrogen-bond donors (Lipinski definition) is 3. The molecule has 1 amide bonds. The van der Waals surface area contributed by atoms with Crippen molar-refractivity contribution in [3.05, 3.63) is 171 Å². The summed E-state index contributed by atoms with van der Waals surface area (Å²) in [4.78, 5) is 57.0. The maximum atomic E-state index is 14.0. The Morgan fingerprint density at radius 3 is 1.87 bits per heavy atom. The molecule has 448 valence electrons. The van der Waals surface area contributed by atoms with Crippen molar-refractivity contribution in [1.29, 1.82) is 0 Å². The van der Waals surface area contributed by atoms with Gasteiger partial charge >= 0.3 is 431 Å². The quantitative estimate of drug-likeness (QED) is 0.0291. The van der Waals surface area contributed by atoms with Crippen LogP contribution in [0.2, 0.25) is 18.1 Å². The summed E-state index contributed by atoms with van der Waals surface area (Å²) < 4.78 is 69.6. The molecule has 2 aliphatic heterocycles. The zero-order chi connectivity index (χ0) is 60.1. The number of fused-ring (bicyclic) bond motifs is 1. The summed E-state index contributed by atoms with van der Waals surface area (Å²) in [5.74, 6) is -1.59. The first-order valence-electron chi connectivity index (χ1n) is 27.7. The summed E-state index contributed by atoms with van der Waals surface area (Å²) >= 11 is 3.24. The molecule has 5 heterocycles. The number of aromatic nitrogens is 6. The van der Waals surface area contributed by atoms with E-state index in [1.54, 1.807) is 57.3 Å². The fourth-order valence-corrected chi connectivity index (χ4v) is 13.6. The second-order valence-electron chi connectivity index (χ2n) is 22.7. The molecule has 3 N–H and O–H groups in total. The molecular formula is C60H75N8O13PSeSi. The molecule has 84 heavy (non-hydrogen) atoms. The van der Waals surface area contributed by atoms with E-state index in [1.165, 1.54) is 23.2 Å². The molecule has 2 fully saturated rings. The van der Waals surface area contributed by atoms with Crippen LogP contribution in [0.15, 0.2) is 137 Å². The first-order valence-corrected chi connectivity index (χ1v) is 34.9. The van der Waals surface area contributed by atoms with Crippen molar-refractivity contribution in [2.45, 2.75) is 107 Å². The van der Waals surface area contributed by atoms with Gasteiger partial charge < -0.3 is 0 Å². The number of H-pyrrole nitrogens is 1. The maximum absolute atomic E-state index is 14.0. The van der Waals surface area contributed by atoms with Crippen LogP contribution in [0.4, 0.5) is 11.8 Å². The molecule has 0 aliphatic carbocycles. The van der Waals surface area contributed by atoms with Crippen molar-refractivity contribution in [2.75, 3.05) is 65.5 Å². The Hall–Kier alpha value is -6.17. The zero-order valence-electron chi connectivity index (χ0n) is 49.3. The first kappa shape index (κ1) is 62.4. The third-order valence-corrected chi connectivity index (χ3v) is 22.5. The molecule has 2 aliphatic rings. The summed E-state index contributed by atoms with van der Waals surface area (Å²) in [7, 11) is 3.78. The summed E-state index contributed by atoms with van der Waals surface area (Å²) in [5.41, 5.74) is 0.843. The Labute approximate surface area is 497 Å². The molecule has 3 aromatic heterocycles. The number of nitrogens with zero attached hydrogens (tertiary/aromatic N) is 5. The van der Waals surface area contributed by atoms with Crippen LogP contribution < -0.4 is 31.4 Å². The van der Waals surface area contributed by atoms with E-state index in [-0.39, 0.29) is 47.1 Å². The van der Waals surface area contributed by atoms with Crippen LogP contribution in [-0.2, 0) is 42.8 Å².